The summed E-state index contributed by atoms with van der Waals surface area (Å²) in [6, 6.07) is 17.4. The number of fused-ring (bicyclic) bond motifs is 1. The predicted octanol–water partition coefficient (Wildman–Crippen LogP) is 3.51. The van der Waals surface area contributed by atoms with Gasteiger partial charge in [0.15, 0.2) is 11.5 Å². The van der Waals surface area contributed by atoms with Gasteiger partial charge in [0.2, 0.25) is 0 Å². The van der Waals surface area contributed by atoms with E-state index >= 15 is 0 Å². The number of aryl methyl sites for hydroxylation is 1. The van der Waals surface area contributed by atoms with E-state index in [-0.39, 0.29) is 4.90 Å². The van der Waals surface area contributed by atoms with E-state index in [2.05, 4.69) is 42.6 Å². The smallest absolute Gasteiger partial charge is 0.261 e. The number of benzene rings is 2. The number of anilines is 1. The fourth-order valence-electron chi connectivity index (χ4n) is 2.62. The Labute approximate surface area is 169 Å². The Balaban J connectivity index is 1.67. The third-order valence-electron chi connectivity index (χ3n) is 3.95. The fraction of sp³-hybridized carbons (Fsp3) is 0.0556. The van der Waals surface area contributed by atoms with Crippen molar-refractivity contribution < 1.29 is 8.42 Å². The summed E-state index contributed by atoms with van der Waals surface area (Å²) in [5.41, 5.74) is 2.61. The van der Waals surface area contributed by atoms with Crippen LogP contribution in [0.4, 0.5) is 5.69 Å². The summed E-state index contributed by atoms with van der Waals surface area (Å²) < 4.78 is 30.4. The Hall–Kier alpha value is -2.53. The highest BCUT2D eigenvalue weighted by Gasteiger charge is 2.14. The van der Waals surface area contributed by atoms with E-state index in [9.17, 15) is 8.42 Å². The lowest BCUT2D eigenvalue weighted by molar-refractivity contribution is 0.601. The van der Waals surface area contributed by atoms with Gasteiger partial charge in [-0.15, -0.1) is 10.2 Å². The third-order valence-corrected chi connectivity index (χ3v) is 6.07. The van der Waals surface area contributed by atoms with Gasteiger partial charge in [-0.3, -0.25) is 4.72 Å². The molecule has 0 fully saturated rings. The predicted molar refractivity (Wildman–Crippen MR) is 111 cm³/mol. The Morgan fingerprint density at radius 2 is 1.78 bits per heavy atom. The number of nitrogens with zero attached hydrogens (tertiary/aromatic N) is 4. The zero-order valence-corrected chi connectivity index (χ0v) is 17.1. The van der Waals surface area contributed by atoms with Crippen molar-refractivity contribution in [2.75, 3.05) is 4.72 Å². The standard InChI is InChI=1S/C18H14IN5O2S/c1-12-20-21-18-10-9-17(22-24(12)18)13-3-2-4-15(11-13)23-27(25,26)16-7-5-14(19)6-8-16/h2-11,23H,1H3. The second kappa shape index (κ2) is 6.89. The monoisotopic (exact) mass is 491 g/mol. The van der Waals surface area contributed by atoms with Crippen LogP contribution in [0.25, 0.3) is 16.9 Å². The summed E-state index contributed by atoms with van der Waals surface area (Å²) >= 11 is 2.13. The summed E-state index contributed by atoms with van der Waals surface area (Å²) in [7, 11) is -3.66. The second-order valence-corrected chi connectivity index (χ2v) is 8.80. The minimum atomic E-state index is -3.66. The maximum absolute atomic E-state index is 12.6. The van der Waals surface area contributed by atoms with E-state index in [1.165, 1.54) is 0 Å². The van der Waals surface area contributed by atoms with Crippen LogP contribution in [0.1, 0.15) is 5.82 Å². The Kier molecular flexibility index (Phi) is 4.56. The van der Waals surface area contributed by atoms with Crippen molar-refractivity contribution in [3.8, 4) is 11.3 Å². The largest absolute Gasteiger partial charge is 0.280 e. The lowest BCUT2D eigenvalue weighted by Crippen LogP contribution is -2.12. The van der Waals surface area contributed by atoms with Gasteiger partial charge in [-0.05, 0) is 78.0 Å². The molecule has 0 saturated heterocycles. The first-order valence-electron chi connectivity index (χ1n) is 8.00. The normalized spacial score (nSPS) is 11.6. The van der Waals surface area contributed by atoms with Crippen molar-refractivity contribution in [3.05, 3.63) is 70.1 Å². The van der Waals surface area contributed by atoms with Crippen LogP contribution in [0.5, 0.6) is 0 Å². The summed E-state index contributed by atoms with van der Waals surface area (Å²) in [4.78, 5) is 0.216. The van der Waals surface area contributed by atoms with Crippen LogP contribution in [-0.4, -0.2) is 28.2 Å². The molecule has 2 aromatic carbocycles. The Bertz CT molecular complexity index is 1240. The molecule has 0 aliphatic rings. The molecule has 2 aromatic heterocycles. The van der Waals surface area contributed by atoms with Gasteiger partial charge in [0, 0.05) is 14.8 Å². The van der Waals surface area contributed by atoms with E-state index in [4.69, 9.17) is 0 Å². The molecular weight excluding hydrogens is 477 g/mol. The number of rotatable bonds is 4. The van der Waals surface area contributed by atoms with Crippen molar-refractivity contribution in [3.63, 3.8) is 0 Å². The quantitative estimate of drug-likeness (QED) is 0.442. The van der Waals surface area contributed by atoms with E-state index in [0.717, 1.165) is 9.13 Å². The number of hydrogen-bond donors (Lipinski definition) is 1. The lowest BCUT2D eigenvalue weighted by Gasteiger charge is -2.10. The molecule has 4 rings (SSSR count). The highest BCUT2D eigenvalue weighted by molar-refractivity contribution is 14.1. The Morgan fingerprint density at radius 3 is 2.56 bits per heavy atom. The fourth-order valence-corrected chi connectivity index (χ4v) is 4.03. The van der Waals surface area contributed by atoms with Crippen LogP contribution >= 0.6 is 22.6 Å². The zero-order chi connectivity index (χ0) is 19.0. The lowest BCUT2D eigenvalue weighted by atomic mass is 10.1. The molecule has 0 amide bonds. The van der Waals surface area contributed by atoms with Gasteiger partial charge in [0.25, 0.3) is 10.0 Å². The molecular formula is C18H14IN5O2S. The molecule has 4 aromatic rings. The number of sulfonamides is 1. The molecule has 7 nitrogen and oxygen atoms in total. The average molecular weight is 491 g/mol. The summed E-state index contributed by atoms with van der Waals surface area (Å²) in [5, 5.41) is 12.5. The SMILES string of the molecule is Cc1nnc2ccc(-c3cccc(NS(=O)(=O)c4ccc(I)cc4)c3)nn12. The molecule has 0 unspecified atom stereocenters. The number of halogens is 1. The summed E-state index contributed by atoms with van der Waals surface area (Å²) in [6.45, 7) is 1.82. The van der Waals surface area contributed by atoms with Crippen LogP contribution in [0, 0.1) is 10.5 Å². The zero-order valence-electron chi connectivity index (χ0n) is 14.2. The molecule has 0 aliphatic carbocycles. The molecule has 136 valence electrons. The Morgan fingerprint density at radius 1 is 1.00 bits per heavy atom. The van der Waals surface area contributed by atoms with Crippen molar-refractivity contribution in [1.29, 1.82) is 0 Å². The van der Waals surface area contributed by atoms with Crippen molar-refractivity contribution in [1.82, 2.24) is 19.8 Å². The molecule has 2 heterocycles. The molecule has 0 atom stereocenters. The van der Waals surface area contributed by atoms with Gasteiger partial charge in [-0.1, -0.05) is 12.1 Å². The third kappa shape index (κ3) is 3.65. The average Bonchev–Trinajstić information content (AvgIpc) is 3.02. The minimum absolute atomic E-state index is 0.216. The van der Waals surface area contributed by atoms with Crippen LogP contribution in [0.15, 0.2) is 65.6 Å². The van der Waals surface area contributed by atoms with Crippen LogP contribution in [0.2, 0.25) is 0 Å². The van der Waals surface area contributed by atoms with Crippen LogP contribution in [-0.2, 0) is 10.0 Å². The molecule has 0 aliphatic heterocycles. The number of nitrogens with one attached hydrogen (secondary N) is 1. The first-order valence-corrected chi connectivity index (χ1v) is 10.6. The van der Waals surface area contributed by atoms with E-state index < -0.39 is 10.0 Å². The van der Waals surface area contributed by atoms with Gasteiger partial charge < -0.3 is 0 Å². The molecule has 0 bridgehead atoms. The molecule has 0 spiro atoms. The summed E-state index contributed by atoms with van der Waals surface area (Å²) in [6.07, 6.45) is 0. The molecule has 0 saturated carbocycles. The van der Waals surface area contributed by atoms with E-state index in [1.807, 2.05) is 25.1 Å². The number of hydrogen-bond acceptors (Lipinski definition) is 5. The molecule has 0 radical (unpaired) electrons. The topological polar surface area (TPSA) is 89.2 Å². The second-order valence-electron chi connectivity index (χ2n) is 5.88. The first-order chi connectivity index (χ1) is 12.9. The van der Waals surface area contributed by atoms with Gasteiger partial charge in [0.1, 0.15) is 0 Å². The van der Waals surface area contributed by atoms with Gasteiger partial charge in [-0.25, -0.2) is 8.42 Å². The van der Waals surface area contributed by atoms with Gasteiger partial charge in [0.05, 0.1) is 10.6 Å². The van der Waals surface area contributed by atoms with Crippen molar-refractivity contribution in [2.24, 2.45) is 0 Å². The molecule has 1 N–H and O–H groups in total. The highest BCUT2D eigenvalue weighted by atomic mass is 127. The molecule has 27 heavy (non-hydrogen) atoms. The van der Waals surface area contributed by atoms with Crippen molar-refractivity contribution >= 4 is 43.9 Å². The van der Waals surface area contributed by atoms with E-state index in [1.54, 1.807) is 47.0 Å². The first kappa shape index (κ1) is 17.9. The summed E-state index contributed by atoms with van der Waals surface area (Å²) in [5.74, 6) is 0.683. The number of aromatic nitrogens is 4. The van der Waals surface area contributed by atoms with E-state index in [0.29, 0.717) is 22.9 Å². The van der Waals surface area contributed by atoms with Crippen LogP contribution < -0.4 is 4.72 Å². The van der Waals surface area contributed by atoms with Gasteiger partial charge >= 0.3 is 0 Å². The maximum Gasteiger partial charge on any atom is 0.261 e. The highest BCUT2D eigenvalue weighted by Crippen LogP contribution is 2.23. The van der Waals surface area contributed by atoms with Crippen molar-refractivity contribution in [2.45, 2.75) is 11.8 Å². The molecule has 9 heteroatoms. The maximum atomic E-state index is 12.6. The minimum Gasteiger partial charge on any atom is -0.280 e. The van der Waals surface area contributed by atoms with Crippen LogP contribution in [0.3, 0.4) is 0 Å². The van der Waals surface area contributed by atoms with Gasteiger partial charge in [-0.2, -0.15) is 9.61 Å².